The standard InChI is InChI=1S/C16H22N4O/c1-3-13(17-7-1)11-20-15(12-5-9-21-10-6-12)19-14-4-2-8-18-16(14)20/h2,4,8,12-13,17H,1,3,5-7,9-11H2. The van der Waals surface area contributed by atoms with Crippen molar-refractivity contribution >= 4 is 11.2 Å². The Labute approximate surface area is 124 Å². The van der Waals surface area contributed by atoms with Crippen molar-refractivity contribution in [3.8, 4) is 0 Å². The third-order valence-electron chi connectivity index (χ3n) is 4.69. The second kappa shape index (κ2) is 5.73. The molecule has 5 heteroatoms. The fourth-order valence-electron chi connectivity index (χ4n) is 3.56. The molecule has 2 aromatic heterocycles. The Balaban J connectivity index is 1.72. The third kappa shape index (κ3) is 2.56. The molecule has 0 radical (unpaired) electrons. The van der Waals surface area contributed by atoms with Crippen molar-refractivity contribution in [1.29, 1.82) is 0 Å². The molecular weight excluding hydrogens is 264 g/mol. The molecule has 2 aliphatic heterocycles. The Morgan fingerprint density at radius 3 is 3.00 bits per heavy atom. The molecule has 21 heavy (non-hydrogen) atoms. The van der Waals surface area contributed by atoms with Crippen molar-refractivity contribution in [2.45, 2.75) is 44.2 Å². The largest absolute Gasteiger partial charge is 0.381 e. The summed E-state index contributed by atoms with van der Waals surface area (Å²) in [6.07, 6.45) is 6.54. The first kappa shape index (κ1) is 13.2. The van der Waals surface area contributed by atoms with Gasteiger partial charge in [0.25, 0.3) is 0 Å². The van der Waals surface area contributed by atoms with Gasteiger partial charge in [0.15, 0.2) is 5.65 Å². The molecule has 1 atom stereocenters. The van der Waals surface area contributed by atoms with Gasteiger partial charge in [-0.1, -0.05) is 0 Å². The van der Waals surface area contributed by atoms with Gasteiger partial charge >= 0.3 is 0 Å². The first-order chi connectivity index (χ1) is 10.4. The summed E-state index contributed by atoms with van der Waals surface area (Å²) in [6, 6.07) is 4.60. The molecule has 4 rings (SSSR count). The summed E-state index contributed by atoms with van der Waals surface area (Å²) < 4.78 is 7.86. The first-order valence-corrected chi connectivity index (χ1v) is 8.04. The van der Waals surface area contributed by atoms with Gasteiger partial charge in [-0.25, -0.2) is 9.97 Å². The minimum atomic E-state index is 0.509. The Morgan fingerprint density at radius 1 is 1.29 bits per heavy atom. The average molecular weight is 286 g/mol. The van der Waals surface area contributed by atoms with E-state index in [0.29, 0.717) is 12.0 Å². The molecule has 2 saturated heterocycles. The fraction of sp³-hybridized carbons (Fsp3) is 0.625. The lowest BCUT2D eigenvalue weighted by molar-refractivity contribution is 0.0828. The highest BCUT2D eigenvalue weighted by molar-refractivity contribution is 5.71. The lowest BCUT2D eigenvalue weighted by Gasteiger charge is -2.23. The van der Waals surface area contributed by atoms with Crippen molar-refractivity contribution in [3.05, 3.63) is 24.2 Å². The van der Waals surface area contributed by atoms with Crippen LogP contribution in [0.3, 0.4) is 0 Å². The molecular formula is C16H22N4O. The summed E-state index contributed by atoms with van der Waals surface area (Å²) in [5.41, 5.74) is 2.06. The molecule has 4 heterocycles. The Bertz CT molecular complexity index is 612. The van der Waals surface area contributed by atoms with Crippen LogP contribution < -0.4 is 5.32 Å². The molecule has 2 aromatic rings. The summed E-state index contributed by atoms with van der Waals surface area (Å²) in [4.78, 5) is 9.48. The van der Waals surface area contributed by atoms with Gasteiger partial charge in [0.1, 0.15) is 11.3 Å². The molecule has 0 saturated carbocycles. The molecule has 5 nitrogen and oxygen atoms in total. The van der Waals surface area contributed by atoms with Gasteiger partial charge in [-0.05, 0) is 44.4 Å². The van der Waals surface area contributed by atoms with Gasteiger partial charge in [0, 0.05) is 37.9 Å². The SMILES string of the molecule is c1cnc2c(c1)nc(C1CCOCC1)n2CC1CCCN1. The Kier molecular flexibility index (Phi) is 3.61. The zero-order valence-corrected chi connectivity index (χ0v) is 12.3. The average Bonchev–Trinajstić information content (AvgIpc) is 3.17. The fourth-order valence-corrected chi connectivity index (χ4v) is 3.56. The van der Waals surface area contributed by atoms with Crippen LogP contribution in [-0.2, 0) is 11.3 Å². The van der Waals surface area contributed by atoms with E-state index in [4.69, 9.17) is 9.72 Å². The number of hydrogen-bond donors (Lipinski definition) is 1. The van der Waals surface area contributed by atoms with Crippen LogP contribution in [0.1, 0.15) is 37.4 Å². The molecule has 0 bridgehead atoms. The van der Waals surface area contributed by atoms with Gasteiger partial charge in [-0.15, -0.1) is 0 Å². The van der Waals surface area contributed by atoms with E-state index in [0.717, 1.165) is 50.3 Å². The number of ether oxygens (including phenoxy) is 1. The maximum Gasteiger partial charge on any atom is 0.160 e. The van der Waals surface area contributed by atoms with Gasteiger partial charge in [0.05, 0.1) is 0 Å². The summed E-state index contributed by atoms with van der Waals surface area (Å²) >= 11 is 0. The number of aromatic nitrogens is 3. The lowest BCUT2D eigenvalue weighted by atomic mass is 9.99. The zero-order valence-electron chi connectivity index (χ0n) is 12.3. The van der Waals surface area contributed by atoms with Gasteiger partial charge in [-0.3, -0.25) is 0 Å². The van der Waals surface area contributed by atoms with Crippen LogP contribution in [0, 0.1) is 0 Å². The summed E-state index contributed by atoms with van der Waals surface area (Å²) in [5, 5.41) is 3.59. The monoisotopic (exact) mass is 286 g/mol. The van der Waals surface area contributed by atoms with E-state index in [1.807, 2.05) is 12.3 Å². The van der Waals surface area contributed by atoms with E-state index in [9.17, 15) is 0 Å². The van der Waals surface area contributed by atoms with Crippen LogP contribution in [0.15, 0.2) is 18.3 Å². The number of nitrogens with one attached hydrogen (secondary N) is 1. The topological polar surface area (TPSA) is 52.0 Å². The van der Waals surface area contributed by atoms with Crippen LogP contribution in [0.4, 0.5) is 0 Å². The smallest absolute Gasteiger partial charge is 0.160 e. The molecule has 0 aliphatic carbocycles. The highest BCUT2D eigenvalue weighted by atomic mass is 16.5. The minimum absolute atomic E-state index is 0.509. The maximum absolute atomic E-state index is 5.50. The van der Waals surface area contributed by atoms with E-state index in [1.54, 1.807) is 0 Å². The minimum Gasteiger partial charge on any atom is -0.381 e. The molecule has 0 spiro atoms. The number of fused-ring (bicyclic) bond motifs is 1. The van der Waals surface area contributed by atoms with E-state index in [2.05, 4.69) is 20.9 Å². The van der Waals surface area contributed by atoms with E-state index in [1.165, 1.54) is 18.7 Å². The van der Waals surface area contributed by atoms with Crippen molar-refractivity contribution in [2.75, 3.05) is 19.8 Å². The molecule has 1 N–H and O–H groups in total. The summed E-state index contributed by atoms with van der Waals surface area (Å²) in [6.45, 7) is 3.82. The second-order valence-electron chi connectivity index (χ2n) is 6.11. The Morgan fingerprint density at radius 2 is 2.19 bits per heavy atom. The normalized spacial score (nSPS) is 23.9. The lowest BCUT2D eigenvalue weighted by Crippen LogP contribution is -2.28. The van der Waals surface area contributed by atoms with Crippen molar-refractivity contribution in [1.82, 2.24) is 19.9 Å². The number of nitrogens with zero attached hydrogens (tertiary/aromatic N) is 3. The summed E-state index contributed by atoms with van der Waals surface area (Å²) in [5.74, 6) is 1.72. The molecule has 0 amide bonds. The predicted octanol–water partition coefficient (Wildman–Crippen LogP) is 2.08. The quantitative estimate of drug-likeness (QED) is 0.938. The number of rotatable bonds is 3. The highest BCUT2D eigenvalue weighted by Gasteiger charge is 2.25. The van der Waals surface area contributed by atoms with Crippen molar-refractivity contribution < 1.29 is 4.74 Å². The summed E-state index contributed by atoms with van der Waals surface area (Å²) in [7, 11) is 0. The van der Waals surface area contributed by atoms with Crippen LogP contribution in [0.2, 0.25) is 0 Å². The van der Waals surface area contributed by atoms with Crippen molar-refractivity contribution in [3.63, 3.8) is 0 Å². The zero-order chi connectivity index (χ0) is 14.1. The van der Waals surface area contributed by atoms with Crippen LogP contribution in [0.5, 0.6) is 0 Å². The molecule has 112 valence electrons. The number of hydrogen-bond acceptors (Lipinski definition) is 4. The highest BCUT2D eigenvalue weighted by Crippen LogP contribution is 2.29. The second-order valence-corrected chi connectivity index (χ2v) is 6.11. The molecule has 2 fully saturated rings. The molecule has 0 aromatic carbocycles. The first-order valence-electron chi connectivity index (χ1n) is 8.04. The van der Waals surface area contributed by atoms with Crippen molar-refractivity contribution in [2.24, 2.45) is 0 Å². The van der Waals surface area contributed by atoms with Gasteiger partial charge < -0.3 is 14.6 Å². The predicted molar refractivity (Wildman–Crippen MR) is 81.3 cm³/mol. The van der Waals surface area contributed by atoms with Crippen LogP contribution in [-0.4, -0.2) is 40.3 Å². The van der Waals surface area contributed by atoms with Crippen LogP contribution >= 0.6 is 0 Å². The van der Waals surface area contributed by atoms with E-state index < -0.39 is 0 Å². The maximum atomic E-state index is 5.50. The number of pyridine rings is 1. The van der Waals surface area contributed by atoms with Gasteiger partial charge in [-0.2, -0.15) is 0 Å². The Hall–Kier alpha value is -1.46. The molecule has 1 unspecified atom stereocenters. The van der Waals surface area contributed by atoms with Crippen LogP contribution in [0.25, 0.3) is 11.2 Å². The molecule has 2 aliphatic rings. The van der Waals surface area contributed by atoms with E-state index >= 15 is 0 Å². The van der Waals surface area contributed by atoms with Gasteiger partial charge in [0.2, 0.25) is 0 Å². The van der Waals surface area contributed by atoms with E-state index in [-0.39, 0.29) is 0 Å². The number of imidazole rings is 1. The third-order valence-corrected chi connectivity index (χ3v) is 4.69.